The lowest BCUT2D eigenvalue weighted by Gasteiger charge is -2.48. The highest BCUT2D eigenvalue weighted by molar-refractivity contribution is 5.73. The molecule has 3 saturated heterocycles. The van der Waals surface area contributed by atoms with Crippen LogP contribution in [0.3, 0.4) is 0 Å². The van der Waals surface area contributed by atoms with E-state index in [1.54, 1.807) is 41.5 Å². The normalized spacial score (nSPS) is 49.6. The topological polar surface area (TPSA) is 180 Å². The quantitative estimate of drug-likeness (QED) is 0.239. The second kappa shape index (κ2) is 17.8. The molecule has 0 radical (unpaired) electrons. The second-order valence-electron chi connectivity index (χ2n) is 17.2. The highest BCUT2D eigenvalue weighted by Crippen LogP contribution is 2.40. The van der Waals surface area contributed by atoms with E-state index in [-0.39, 0.29) is 38.8 Å². The summed E-state index contributed by atoms with van der Waals surface area (Å²) in [6.45, 7) is 18.0. The van der Waals surface area contributed by atoms with Gasteiger partial charge >= 0.3 is 5.97 Å². The zero-order valence-electron chi connectivity index (χ0n) is 34.2. The Balaban J connectivity index is 0.00000972. The Kier molecular flexibility index (Phi) is 15.6. The van der Waals surface area contributed by atoms with Crippen molar-refractivity contribution in [3.05, 3.63) is 0 Å². The van der Waals surface area contributed by atoms with Gasteiger partial charge in [0.1, 0.15) is 30.0 Å². The summed E-state index contributed by atoms with van der Waals surface area (Å²) < 4.78 is 37.5. The summed E-state index contributed by atoms with van der Waals surface area (Å²) in [7, 11) is 7.12. The molecule has 0 bridgehead atoms. The fourth-order valence-electron chi connectivity index (χ4n) is 8.74. The standard InChI is InChI=1S/C38H72N2O12.H2/c1-15-27-38(10,46)31(42)24(6)40(13)19-20(2)17-36(8,45)33(52-35-29(41)26(39(11)12)16-21(3)48-35)22(4)30(23(5)34(44)50-27)51-28-18-37(9,47-14)32(43)25(7)49-28;/h20-33,35,41-43,45-46H,15-19H2,1-14H3;1H/t20-,21-,22+,23-,24-,25+,26+,27-,28+,29-,30+,31-,32+,33-,35+,36-,37-,38-;/m1./s1. The molecule has 5 N–H and O–H groups in total. The number of aliphatic hydroxyl groups excluding tert-OH is 3. The maximum absolute atomic E-state index is 14.2. The Hall–Kier alpha value is -1.01. The third kappa shape index (κ3) is 10.0. The van der Waals surface area contributed by atoms with E-state index < -0.39 is 96.0 Å². The number of carbonyl (C=O) groups excluding carboxylic acids is 1. The molecule has 14 nitrogen and oxygen atoms in total. The predicted octanol–water partition coefficient (Wildman–Crippen LogP) is 2.15. The summed E-state index contributed by atoms with van der Waals surface area (Å²) >= 11 is 0. The molecule has 3 rings (SSSR count). The largest absolute Gasteiger partial charge is 0.459 e. The number of aliphatic hydroxyl groups is 5. The molecule has 0 amide bonds. The van der Waals surface area contributed by atoms with Crippen LogP contribution in [0.4, 0.5) is 0 Å². The molecule has 308 valence electrons. The van der Waals surface area contributed by atoms with Crippen molar-refractivity contribution in [1.82, 2.24) is 9.80 Å². The monoisotopic (exact) mass is 751 g/mol. The van der Waals surface area contributed by atoms with Crippen LogP contribution in [0, 0.1) is 17.8 Å². The summed E-state index contributed by atoms with van der Waals surface area (Å²) in [5, 5.41) is 58.1. The van der Waals surface area contributed by atoms with Crippen LogP contribution < -0.4 is 0 Å². The van der Waals surface area contributed by atoms with Gasteiger partial charge in [-0.05, 0) is 94.8 Å². The van der Waals surface area contributed by atoms with Crippen LogP contribution in [0.5, 0.6) is 0 Å². The van der Waals surface area contributed by atoms with Crippen molar-refractivity contribution < 1.29 is 60.2 Å². The molecule has 0 saturated carbocycles. The lowest BCUT2D eigenvalue weighted by molar-refractivity contribution is -0.318. The van der Waals surface area contributed by atoms with Crippen molar-refractivity contribution in [3.63, 3.8) is 0 Å². The van der Waals surface area contributed by atoms with Crippen molar-refractivity contribution in [2.45, 2.75) is 185 Å². The minimum Gasteiger partial charge on any atom is -0.459 e. The highest BCUT2D eigenvalue weighted by Gasteiger charge is 2.52. The molecular weight excluding hydrogens is 676 g/mol. The van der Waals surface area contributed by atoms with Gasteiger partial charge in [-0.2, -0.15) is 0 Å². The number of methoxy groups -OCH3 is 1. The Morgan fingerprint density at radius 2 is 1.58 bits per heavy atom. The number of cyclic esters (lactones) is 1. The molecule has 18 atom stereocenters. The predicted molar refractivity (Wildman–Crippen MR) is 196 cm³/mol. The van der Waals surface area contributed by atoms with E-state index in [1.807, 2.05) is 51.7 Å². The van der Waals surface area contributed by atoms with Crippen LogP contribution in [-0.4, -0.2) is 166 Å². The van der Waals surface area contributed by atoms with E-state index in [0.717, 1.165) is 0 Å². The maximum Gasteiger partial charge on any atom is 0.311 e. The number of esters is 1. The van der Waals surface area contributed by atoms with E-state index in [1.165, 1.54) is 14.0 Å². The molecule has 3 aliphatic rings. The first-order valence-corrected chi connectivity index (χ1v) is 19.1. The molecule has 3 heterocycles. The Morgan fingerprint density at radius 1 is 0.962 bits per heavy atom. The minimum absolute atomic E-state index is 0. The smallest absolute Gasteiger partial charge is 0.311 e. The molecular formula is C38H74N2O12. The molecule has 3 fully saturated rings. The van der Waals surface area contributed by atoms with Gasteiger partial charge in [-0.25, -0.2) is 0 Å². The molecule has 14 heteroatoms. The number of rotatable bonds is 7. The molecule has 0 aliphatic carbocycles. The molecule has 0 spiro atoms. The number of ether oxygens (including phenoxy) is 6. The van der Waals surface area contributed by atoms with E-state index >= 15 is 0 Å². The average molecular weight is 751 g/mol. The minimum atomic E-state index is -1.80. The summed E-state index contributed by atoms with van der Waals surface area (Å²) in [6, 6.07) is -0.808. The van der Waals surface area contributed by atoms with Gasteiger partial charge in [0.05, 0.1) is 41.5 Å². The van der Waals surface area contributed by atoms with E-state index in [0.29, 0.717) is 13.0 Å². The van der Waals surface area contributed by atoms with Crippen LogP contribution in [0.1, 0.15) is 96.3 Å². The Bertz CT molecular complexity index is 1150. The van der Waals surface area contributed by atoms with Gasteiger partial charge < -0.3 is 63.8 Å². The number of carbonyl (C=O) groups is 1. The number of likely N-dealkylation sites (N-methyl/N-ethyl adjacent to an activating group) is 2. The van der Waals surface area contributed by atoms with Crippen LogP contribution in [0.25, 0.3) is 0 Å². The zero-order valence-corrected chi connectivity index (χ0v) is 34.2. The van der Waals surface area contributed by atoms with Gasteiger partial charge in [0.15, 0.2) is 12.6 Å². The molecule has 0 aromatic rings. The van der Waals surface area contributed by atoms with Crippen LogP contribution in [-0.2, 0) is 33.2 Å². The van der Waals surface area contributed by atoms with Crippen LogP contribution in [0.2, 0.25) is 0 Å². The SMILES string of the molecule is CC[C@H]1OC(=O)[C@H](C)[C@@H](O[C@H]2C[C@@](C)(OC)[C@@H](O)[C@H](C)O2)[C@H](C)[C@@H](O[C@@H]2O[C@H](C)C[C@H](N(C)C)[C@H]2O)[C@](C)(O)C[C@@H](C)CN(C)[C@H](C)[C@@H](O)[C@]1(C)O.[HH]. The van der Waals surface area contributed by atoms with Crippen LogP contribution >= 0.6 is 0 Å². The fraction of sp³-hybridized carbons (Fsp3) is 0.974. The van der Waals surface area contributed by atoms with Gasteiger partial charge in [-0.15, -0.1) is 0 Å². The summed E-state index contributed by atoms with van der Waals surface area (Å²) in [4.78, 5) is 18.0. The lowest BCUT2D eigenvalue weighted by atomic mass is 9.77. The van der Waals surface area contributed by atoms with Crippen molar-refractivity contribution in [2.75, 3.05) is 34.8 Å². The summed E-state index contributed by atoms with van der Waals surface area (Å²) in [5.41, 5.74) is -4.37. The fourth-order valence-corrected chi connectivity index (χ4v) is 8.74. The van der Waals surface area contributed by atoms with Gasteiger partial charge in [0.2, 0.25) is 0 Å². The molecule has 3 aliphatic heterocycles. The first-order valence-electron chi connectivity index (χ1n) is 19.1. The number of hydrogen-bond acceptors (Lipinski definition) is 14. The number of nitrogens with zero attached hydrogens (tertiary/aromatic N) is 2. The van der Waals surface area contributed by atoms with Crippen molar-refractivity contribution in [3.8, 4) is 0 Å². The highest BCUT2D eigenvalue weighted by atomic mass is 16.7. The molecule has 0 aromatic carbocycles. The van der Waals surface area contributed by atoms with Gasteiger partial charge in [-0.1, -0.05) is 20.8 Å². The van der Waals surface area contributed by atoms with E-state index in [9.17, 15) is 30.3 Å². The van der Waals surface area contributed by atoms with Crippen LogP contribution in [0.15, 0.2) is 0 Å². The molecule has 52 heavy (non-hydrogen) atoms. The van der Waals surface area contributed by atoms with Gasteiger partial charge in [0.25, 0.3) is 0 Å². The Morgan fingerprint density at radius 3 is 2.13 bits per heavy atom. The molecule has 0 unspecified atom stereocenters. The van der Waals surface area contributed by atoms with E-state index in [2.05, 4.69) is 0 Å². The third-order valence-corrected chi connectivity index (χ3v) is 12.2. The zero-order chi connectivity index (χ0) is 39.7. The first-order chi connectivity index (χ1) is 23.9. The lowest BCUT2D eigenvalue weighted by Crippen LogP contribution is -2.60. The van der Waals surface area contributed by atoms with Gasteiger partial charge in [-0.3, -0.25) is 4.79 Å². The average Bonchev–Trinajstić information content (AvgIpc) is 3.05. The summed E-state index contributed by atoms with van der Waals surface area (Å²) in [6.07, 6.45) is -8.19. The van der Waals surface area contributed by atoms with Crippen molar-refractivity contribution >= 4 is 5.97 Å². The van der Waals surface area contributed by atoms with Crippen molar-refractivity contribution in [1.29, 1.82) is 0 Å². The summed E-state index contributed by atoms with van der Waals surface area (Å²) in [5.74, 6) is -2.58. The maximum atomic E-state index is 14.2. The number of hydrogen-bond donors (Lipinski definition) is 5. The van der Waals surface area contributed by atoms with Gasteiger partial charge in [0, 0.05) is 39.5 Å². The molecule has 0 aromatic heterocycles. The second-order valence-corrected chi connectivity index (χ2v) is 17.2. The Labute approximate surface area is 313 Å². The first kappa shape index (κ1) is 45.4. The van der Waals surface area contributed by atoms with E-state index in [4.69, 9.17) is 28.4 Å². The third-order valence-electron chi connectivity index (χ3n) is 12.2. The van der Waals surface area contributed by atoms with Crippen molar-refractivity contribution in [2.24, 2.45) is 17.8 Å².